The van der Waals surface area contributed by atoms with Crippen LogP contribution < -0.4 is 0 Å². The Balaban J connectivity index is 5.50. The van der Waals surface area contributed by atoms with Crippen LogP contribution in [0, 0.1) is 0 Å². The van der Waals surface area contributed by atoms with E-state index < -0.39 is 26.4 Å². The lowest BCUT2D eigenvalue weighted by Gasteiger charge is -2.29. The summed E-state index contributed by atoms with van der Waals surface area (Å²) in [5.74, 6) is -1.18. The molecule has 0 aliphatic heterocycles. The Kier molecular flexibility index (Phi) is 16.9. The summed E-state index contributed by atoms with van der Waals surface area (Å²) in [6, 6.07) is 0. The molecule has 0 aromatic rings. The van der Waals surface area contributed by atoms with E-state index in [0.29, 0.717) is 25.7 Å². The van der Waals surface area contributed by atoms with E-state index in [9.17, 15) is 9.13 Å². The lowest BCUT2D eigenvalue weighted by Crippen LogP contribution is -2.21. The summed E-state index contributed by atoms with van der Waals surface area (Å²) in [7, 11) is -7.60. The summed E-state index contributed by atoms with van der Waals surface area (Å²) in [4.78, 5) is 0. The van der Waals surface area contributed by atoms with E-state index in [2.05, 4.69) is 0 Å². The number of hydrogen-bond donors (Lipinski definition) is 0. The molecule has 0 amide bonds. The molecule has 0 fully saturated rings. The largest absolute Gasteiger partial charge is 0.359 e. The van der Waals surface area contributed by atoms with Crippen LogP contribution in [0.1, 0.15) is 60.3 Å². The van der Waals surface area contributed by atoms with E-state index >= 15 is 0 Å². The van der Waals surface area contributed by atoms with E-state index in [1.54, 1.807) is 0 Å². The molecule has 0 N–H and O–H groups in total. The third-order valence-corrected chi connectivity index (χ3v) is 10.5. The summed E-state index contributed by atoms with van der Waals surface area (Å²) in [5, 5.41) is -1.50. The van der Waals surface area contributed by atoms with Crippen LogP contribution in [-0.2, 0) is 27.2 Å². The molecular weight excluding hydrogens is 516 g/mol. The van der Waals surface area contributed by atoms with Crippen molar-refractivity contribution in [3.8, 4) is 0 Å². The maximum atomic E-state index is 13.5. The summed E-state index contributed by atoms with van der Waals surface area (Å²) in [6.45, 7) is 8.95. The Morgan fingerprint density at radius 2 is 1.03 bits per heavy atom. The summed E-state index contributed by atoms with van der Waals surface area (Å²) in [5.41, 5.74) is 0. The normalized spacial score (nSPS) is 21.2. The lowest BCUT2D eigenvalue weighted by molar-refractivity contribution is 0.137. The fraction of sp³-hybridized carbons (Fsp3) is 1.00. The van der Waals surface area contributed by atoms with Gasteiger partial charge in [-0.15, -0.1) is 46.4 Å². The first-order valence-electron chi connectivity index (χ1n) is 10.3. The maximum absolute atomic E-state index is 13.5. The predicted molar refractivity (Wildman–Crippen MR) is 128 cm³/mol. The molecule has 0 saturated heterocycles. The molecule has 0 rings (SSSR count). The summed E-state index contributed by atoms with van der Waals surface area (Å²) in [6.07, 6.45) is 2.36. The molecule has 6 atom stereocenters. The van der Waals surface area contributed by atoms with Gasteiger partial charge in [0.2, 0.25) is 0 Å². The van der Waals surface area contributed by atoms with Crippen LogP contribution >= 0.6 is 61.6 Å². The van der Waals surface area contributed by atoms with Gasteiger partial charge in [0.1, 0.15) is 0 Å². The Labute approximate surface area is 202 Å². The van der Waals surface area contributed by atoms with Crippen LogP contribution in [0.3, 0.4) is 0 Å². The van der Waals surface area contributed by atoms with Crippen molar-refractivity contribution in [3.63, 3.8) is 0 Å². The van der Waals surface area contributed by atoms with Gasteiger partial charge in [-0.2, -0.15) is 0 Å². The smallest absolute Gasteiger partial charge is 0.307 e. The van der Waals surface area contributed by atoms with Crippen LogP contribution in [0.15, 0.2) is 0 Å². The minimum absolute atomic E-state index is 0.0139. The van der Waals surface area contributed by atoms with Crippen molar-refractivity contribution < 1.29 is 27.2 Å². The van der Waals surface area contributed by atoms with Gasteiger partial charge in [0.25, 0.3) is 0 Å². The Hall–Kier alpha value is 1.46. The first kappa shape index (κ1) is 31.5. The molecule has 0 bridgehead atoms. The van der Waals surface area contributed by atoms with Gasteiger partial charge < -0.3 is 13.6 Å². The van der Waals surface area contributed by atoms with Crippen molar-refractivity contribution in [2.45, 2.75) is 87.7 Å². The van der Waals surface area contributed by atoms with Crippen LogP contribution in [0.2, 0.25) is 0 Å². The molecule has 6 unspecified atom stereocenters. The van der Waals surface area contributed by atoms with Crippen molar-refractivity contribution in [2.75, 3.05) is 26.0 Å². The van der Waals surface area contributed by atoms with E-state index in [0.717, 1.165) is 0 Å². The molecule has 0 aliphatic carbocycles. The van der Waals surface area contributed by atoms with Crippen molar-refractivity contribution >= 4 is 61.6 Å². The third kappa shape index (κ3) is 12.6. The summed E-state index contributed by atoms with van der Waals surface area (Å²) < 4.78 is 49.2. The molecule has 0 aliphatic rings. The van der Waals surface area contributed by atoms with Gasteiger partial charge in [-0.3, -0.25) is 13.7 Å². The molecule has 30 heavy (non-hydrogen) atoms. The van der Waals surface area contributed by atoms with Gasteiger partial charge in [-0.1, -0.05) is 27.7 Å². The van der Waals surface area contributed by atoms with Gasteiger partial charge >= 0.3 is 15.2 Å². The Morgan fingerprint density at radius 1 is 0.667 bits per heavy atom. The molecule has 6 nitrogen and oxygen atoms in total. The Morgan fingerprint density at radius 3 is 1.40 bits per heavy atom. The molecule has 0 radical (unpaired) electrons. The fourth-order valence-corrected chi connectivity index (χ4v) is 6.94. The maximum Gasteiger partial charge on any atom is 0.359 e. The minimum Gasteiger partial charge on any atom is -0.307 e. The van der Waals surface area contributed by atoms with Crippen molar-refractivity contribution in [2.24, 2.45) is 0 Å². The molecule has 0 aromatic carbocycles. The fourth-order valence-electron chi connectivity index (χ4n) is 1.95. The van der Waals surface area contributed by atoms with Gasteiger partial charge in [-0.05, 0) is 32.6 Å². The van der Waals surface area contributed by atoms with E-state index in [-0.39, 0.29) is 42.1 Å². The number of rotatable bonds is 18. The first-order chi connectivity index (χ1) is 13.9. The first-order valence-corrected chi connectivity index (χ1v) is 15.4. The second-order valence-electron chi connectivity index (χ2n) is 6.95. The minimum atomic E-state index is -3.87. The second-order valence-corrected chi connectivity index (χ2v) is 13.8. The molecule has 0 aromatic heterocycles. The van der Waals surface area contributed by atoms with Gasteiger partial charge in [-0.25, -0.2) is 0 Å². The van der Waals surface area contributed by atoms with Crippen LogP contribution in [0.5, 0.6) is 0 Å². The van der Waals surface area contributed by atoms with Crippen LogP contribution in [0.4, 0.5) is 0 Å². The molecule has 0 saturated carbocycles. The highest BCUT2D eigenvalue weighted by molar-refractivity contribution is 7.57. The van der Waals surface area contributed by atoms with Gasteiger partial charge in [0, 0.05) is 5.38 Å². The average Bonchev–Trinajstić information content (AvgIpc) is 2.73. The molecular formula is C18H36Cl4O6P2. The second kappa shape index (κ2) is 16.1. The van der Waals surface area contributed by atoms with E-state index in [1.807, 2.05) is 27.7 Å². The zero-order valence-corrected chi connectivity index (χ0v) is 23.2. The van der Waals surface area contributed by atoms with Gasteiger partial charge in [0.05, 0.1) is 42.1 Å². The number of hydrogen-bond acceptors (Lipinski definition) is 6. The molecule has 182 valence electrons. The van der Waals surface area contributed by atoms with Crippen molar-refractivity contribution in [1.82, 2.24) is 0 Å². The van der Waals surface area contributed by atoms with E-state index in [4.69, 9.17) is 64.5 Å². The summed E-state index contributed by atoms with van der Waals surface area (Å²) >= 11 is 24.5. The third-order valence-electron chi connectivity index (χ3n) is 4.27. The monoisotopic (exact) mass is 550 g/mol. The zero-order chi connectivity index (χ0) is 23.4. The highest BCUT2D eigenvalue weighted by atomic mass is 35.5. The van der Waals surface area contributed by atoms with Crippen molar-refractivity contribution in [3.05, 3.63) is 0 Å². The highest BCUT2D eigenvalue weighted by Gasteiger charge is 2.41. The molecule has 12 heteroatoms. The predicted octanol–water partition coefficient (Wildman–Crippen LogP) is 7.85. The quantitative estimate of drug-likeness (QED) is 0.127. The van der Waals surface area contributed by atoms with Gasteiger partial charge in [0.15, 0.2) is 5.85 Å². The Bertz CT molecular complexity index is 539. The van der Waals surface area contributed by atoms with Crippen LogP contribution in [-0.4, -0.2) is 53.3 Å². The van der Waals surface area contributed by atoms with Crippen LogP contribution in [0.25, 0.3) is 0 Å². The standard InChI is InChI=1S/C18H36Cl4O6P2/c1-6-15(19)10-25-29(23,13-18(22)9-4)28-14(5)30(24,26-11-16(20)7-2)27-12-17(21)8-3/h14-18H,6-13H2,1-5H3. The average molecular weight is 552 g/mol. The molecule has 0 heterocycles. The topological polar surface area (TPSA) is 71.1 Å². The zero-order valence-electron chi connectivity index (χ0n) is 18.4. The number of halogens is 4. The highest BCUT2D eigenvalue weighted by Crippen LogP contribution is 2.61. The lowest BCUT2D eigenvalue weighted by atomic mass is 10.4. The van der Waals surface area contributed by atoms with Crippen molar-refractivity contribution in [1.29, 1.82) is 0 Å². The molecule has 0 spiro atoms. The number of alkyl halides is 4. The SMILES string of the molecule is CCC(Cl)COP(=O)(CC(Cl)CC)OC(C)P(=O)(OCC(Cl)CC)OCC(Cl)CC. The van der Waals surface area contributed by atoms with E-state index in [1.165, 1.54) is 6.92 Å².